The van der Waals surface area contributed by atoms with Gasteiger partial charge in [-0.1, -0.05) is 0 Å². The van der Waals surface area contributed by atoms with Crippen LogP contribution in [0.3, 0.4) is 0 Å². The highest BCUT2D eigenvalue weighted by Gasteiger charge is 2.46. The predicted octanol–water partition coefficient (Wildman–Crippen LogP) is 0.391. The summed E-state index contributed by atoms with van der Waals surface area (Å²) in [5, 5.41) is 2.88. The predicted molar refractivity (Wildman–Crippen MR) is 70.9 cm³/mol. The number of carbonyl (C=O) groups excluding carboxylic acids is 1. The lowest BCUT2D eigenvalue weighted by Crippen LogP contribution is -2.38. The van der Waals surface area contributed by atoms with Gasteiger partial charge in [0.1, 0.15) is 6.10 Å². The third kappa shape index (κ3) is 3.09. The third-order valence-corrected chi connectivity index (χ3v) is 4.48. The fraction of sp³-hybridized carbons (Fsp3) is 0.929. The minimum atomic E-state index is -0.256. The maximum atomic E-state index is 12.0. The molecule has 1 saturated carbocycles. The van der Waals surface area contributed by atoms with E-state index in [-0.39, 0.29) is 18.1 Å². The SMILES string of the molecule is COCCNC(=O)[C@@H]1C[C@@H]2[C@@H](CCN2CC2CC2)O1. The Kier molecular flexibility index (Phi) is 4.05. The van der Waals surface area contributed by atoms with Gasteiger partial charge in [-0.15, -0.1) is 0 Å². The highest BCUT2D eigenvalue weighted by molar-refractivity contribution is 5.81. The summed E-state index contributed by atoms with van der Waals surface area (Å²) < 4.78 is 10.8. The van der Waals surface area contributed by atoms with Crippen LogP contribution < -0.4 is 5.32 Å². The molecule has 3 fully saturated rings. The van der Waals surface area contributed by atoms with Crippen molar-refractivity contribution < 1.29 is 14.3 Å². The topological polar surface area (TPSA) is 50.8 Å². The number of rotatable bonds is 6. The smallest absolute Gasteiger partial charge is 0.249 e. The second kappa shape index (κ2) is 5.77. The first-order valence-corrected chi connectivity index (χ1v) is 7.44. The van der Waals surface area contributed by atoms with Gasteiger partial charge in [0.15, 0.2) is 0 Å². The van der Waals surface area contributed by atoms with E-state index in [0.29, 0.717) is 19.2 Å². The molecule has 0 aromatic rings. The summed E-state index contributed by atoms with van der Waals surface area (Å²) in [6.45, 7) is 3.47. The van der Waals surface area contributed by atoms with Crippen molar-refractivity contribution in [2.75, 3.05) is 33.4 Å². The lowest BCUT2D eigenvalue weighted by molar-refractivity contribution is -0.132. The van der Waals surface area contributed by atoms with Crippen LogP contribution in [0.25, 0.3) is 0 Å². The van der Waals surface area contributed by atoms with Gasteiger partial charge >= 0.3 is 0 Å². The summed E-state index contributed by atoms with van der Waals surface area (Å²) in [5.74, 6) is 0.936. The highest BCUT2D eigenvalue weighted by Crippen LogP contribution is 2.37. The van der Waals surface area contributed by atoms with Gasteiger partial charge in [-0.25, -0.2) is 0 Å². The number of nitrogens with zero attached hydrogens (tertiary/aromatic N) is 1. The molecule has 3 atom stereocenters. The molecule has 5 nitrogen and oxygen atoms in total. The zero-order valence-corrected chi connectivity index (χ0v) is 11.6. The zero-order chi connectivity index (χ0) is 13.2. The minimum absolute atomic E-state index is 0.0258. The van der Waals surface area contributed by atoms with Crippen molar-refractivity contribution in [2.24, 2.45) is 5.92 Å². The molecule has 0 aromatic heterocycles. The molecule has 0 unspecified atom stereocenters. The average Bonchev–Trinajstić information content (AvgIpc) is 2.98. The summed E-state index contributed by atoms with van der Waals surface area (Å²) in [4.78, 5) is 14.5. The van der Waals surface area contributed by atoms with Crippen LogP contribution in [0.5, 0.6) is 0 Å². The van der Waals surface area contributed by atoms with Gasteiger partial charge in [-0.2, -0.15) is 0 Å². The first-order chi connectivity index (χ1) is 9.28. The number of amides is 1. The first kappa shape index (κ1) is 13.3. The monoisotopic (exact) mass is 268 g/mol. The molecule has 1 aliphatic carbocycles. The Morgan fingerprint density at radius 3 is 3.00 bits per heavy atom. The molecular formula is C14H24N2O3. The van der Waals surface area contributed by atoms with Gasteiger partial charge in [-0.05, 0) is 25.2 Å². The molecule has 2 saturated heterocycles. The fourth-order valence-electron chi connectivity index (χ4n) is 3.25. The van der Waals surface area contributed by atoms with Gasteiger partial charge in [-0.3, -0.25) is 9.69 Å². The van der Waals surface area contributed by atoms with E-state index in [1.54, 1.807) is 7.11 Å². The maximum absolute atomic E-state index is 12.0. The van der Waals surface area contributed by atoms with Crippen LogP contribution in [0.1, 0.15) is 25.7 Å². The molecule has 1 amide bonds. The van der Waals surface area contributed by atoms with Gasteiger partial charge in [0.05, 0.1) is 12.7 Å². The molecule has 0 spiro atoms. The van der Waals surface area contributed by atoms with Crippen LogP contribution in [0.2, 0.25) is 0 Å². The van der Waals surface area contributed by atoms with E-state index in [0.717, 1.165) is 25.3 Å². The number of hydrogen-bond donors (Lipinski definition) is 1. The van der Waals surface area contributed by atoms with Crippen molar-refractivity contribution in [1.29, 1.82) is 0 Å². The average molecular weight is 268 g/mol. The largest absolute Gasteiger partial charge is 0.383 e. The fourth-order valence-corrected chi connectivity index (χ4v) is 3.25. The van der Waals surface area contributed by atoms with Crippen LogP contribution in [0, 0.1) is 5.92 Å². The summed E-state index contributed by atoms with van der Waals surface area (Å²) in [7, 11) is 1.64. The minimum Gasteiger partial charge on any atom is -0.383 e. The third-order valence-electron chi connectivity index (χ3n) is 4.48. The Morgan fingerprint density at radius 1 is 1.42 bits per heavy atom. The van der Waals surface area contributed by atoms with E-state index in [9.17, 15) is 4.79 Å². The van der Waals surface area contributed by atoms with E-state index >= 15 is 0 Å². The molecule has 0 bridgehead atoms. The maximum Gasteiger partial charge on any atom is 0.249 e. The van der Waals surface area contributed by atoms with Crippen LogP contribution in [-0.2, 0) is 14.3 Å². The molecule has 19 heavy (non-hydrogen) atoms. The number of likely N-dealkylation sites (tertiary alicyclic amines) is 1. The Labute approximate surface area is 114 Å². The molecule has 2 heterocycles. The molecule has 108 valence electrons. The normalized spacial score (nSPS) is 34.5. The summed E-state index contributed by atoms with van der Waals surface area (Å²) in [5.41, 5.74) is 0. The van der Waals surface area contributed by atoms with Gasteiger partial charge in [0.2, 0.25) is 5.91 Å². The molecule has 1 N–H and O–H groups in total. The van der Waals surface area contributed by atoms with Crippen molar-refractivity contribution in [3.8, 4) is 0 Å². The van der Waals surface area contributed by atoms with Crippen molar-refractivity contribution in [2.45, 2.75) is 43.9 Å². The van der Waals surface area contributed by atoms with Gasteiger partial charge < -0.3 is 14.8 Å². The molecule has 3 rings (SSSR count). The van der Waals surface area contributed by atoms with Gasteiger partial charge in [0.25, 0.3) is 0 Å². The van der Waals surface area contributed by atoms with Crippen LogP contribution >= 0.6 is 0 Å². The molecule has 3 aliphatic rings. The second-order valence-corrected chi connectivity index (χ2v) is 5.98. The lowest BCUT2D eigenvalue weighted by Gasteiger charge is -2.22. The molecule has 0 radical (unpaired) electrons. The van der Waals surface area contributed by atoms with Crippen LogP contribution in [-0.4, -0.2) is 62.4 Å². The quantitative estimate of drug-likeness (QED) is 0.708. The van der Waals surface area contributed by atoms with E-state index in [4.69, 9.17) is 9.47 Å². The lowest BCUT2D eigenvalue weighted by atomic mass is 10.1. The number of methoxy groups -OCH3 is 1. The number of ether oxygens (including phenoxy) is 2. The Morgan fingerprint density at radius 2 is 2.26 bits per heavy atom. The molecule has 5 heteroatoms. The molecule has 2 aliphatic heterocycles. The highest BCUT2D eigenvalue weighted by atomic mass is 16.5. The standard InChI is InChI=1S/C14H24N2O3/c1-18-7-5-15-14(17)13-8-11-12(19-13)4-6-16(11)9-10-2-3-10/h10-13H,2-9H2,1H3,(H,15,17)/t11-,12-,13+/m1/s1. The second-order valence-electron chi connectivity index (χ2n) is 5.98. The van der Waals surface area contributed by atoms with Crippen LogP contribution in [0.15, 0.2) is 0 Å². The number of fused-ring (bicyclic) bond motifs is 1. The summed E-state index contributed by atoms with van der Waals surface area (Å²) in [6.07, 6.45) is 4.73. The van der Waals surface area contributed by atoms with E-state index in [1.165, 1.54) is 19.4 Å². The van der Waals surface area contributed by atoms with E-state index in [1.807, 2.05) is 0 Å². The Bertz CT molecular complexity index is 333. The van der Waals surface area contributed by atoms with Crippen molar-refractivity contribution in [3.63, 3.8) is 0 Å². The Hall–Kier alpha value is -0.650. The molecule has 0 aromatic carbocycles. The van der Waals surface area contributed by atoms with Crippen molar-refractivity contribution in [3.05, 3.63) is 0 Å². The number of hydrogen-bond acceptors (Lipinski definition) is 4. The van der Waals surface area contributed by atoms with Crippen LogP contribution in [0.4, 0.5) is 0 Å². The van der Waals surface area contributed by atoms with Gasteiger partial charge in [0, 0.05) is 39.2 Å². The van der Waals surface area contributed by atoms with E-state index < -0.39 is 0 Å². The summed E-state index contributed by atoms with van der Waals surface area (Å²) in [6, 6.07) is 0.471. The first-order valence-electron chi connectivity index (χ1n) is 7.44. The molecular weight excluding hydrogens is 244 g/mol. The zero-order valence-electron chi connectivity index (χ0n) is 11.6. The van der Waals surface area contributed by atoms with Crippen molar-refractivity contribution in [1.82, 2.24) is 10.2 Å². The Balaban J connectivity index is 1.47. The van der Waals surface area contributed by atoms with E-state index in [2.05, 4.69) is 10.2 Å². The summed E-state index contributed by atoms with van der Waals surface area (Å²) >= 11 is 0. The van der Waals surface area contributed by atoms with Crippen molar-refractivity contribution >= 4 is 5.91 Å². The number of carbonyl (C=O) groups is 1. The number of nitrogens with one attached hydrogen (secondary N) is 1.